The number of ether oxygens (including phenoxy) is 2. The van der Waals surface area contributed by atoms with Crippen molar-refractivity contribution < 1.29 is 62.0 Å². The highest BCUT2D eigenvalue weighted by molar-refractivity contribution is 6.29. The minimum Gasteiger partial charge on any atom is -1.00 e. The Labute approximate surface area is 282 Å². The number of hydrogen-bond donors (Lipinski definition) is 0. The van der Waals surface area contributed by atoms with Crippen molar-refractivity contribution in [2.75, 3.05) is 67.6 Å². The normalized spacial score (nSPS) is 11.5. The third-order valence-corrected chi connectivity index (χ3v) is 8.26. The van der Waals surface area contributed by atoms with Gasteiger partial charge in [-0.25, -0.2) is 9.59 Å². The minimum atomic E-state index is -0.862. The molecule has 0 unspecified atom stereocenters. The van der Waals surface area contributed by atoms with Gasteiger partial charge in [-0.05, 0) is 25.7 Å². The molecule has 254 valence electrons. The Balaban J connectivity index is -0.00000760. The Bertz CT molecular complexity index is 566. The molecule has 0 saturated heterocycles. The topological polar surface area (TPSA) is 52.6 Å². The molecule has 0 radical (unpaired) electrons. The molecule has 0 atom stereocenters. The van der Waals surface area contributed by atoms with Crippen LogP contribution in [0.25, 0.3) is 0 Å². The standard InChI is InChI=1S/C34H70N2O4.2BrH/c1-7-9-11-13-15-17-19-21-23-25-27-35(3,4)29-31-39-33(37)34(38)40-32-30-36(5,6)28-26-24-22-20-18-16-14-12-10-8-2;;/h7-32H2,1-6H3;2*1H/q+2;;/p-2. The van der Waals surface area contributed by atoms with Gasteiger partial charge in [0.15, 0.2) is 0 Å². The summed E-state index contributed by atoms with van der Waals surface area (Å²) < 4.78 is 12.0. The summed E-state index contributed by atoms with van der Waals surface area (Å²) in [7, 11) is 8.64. The largest absolute Gasteiger partial charge is 1.00 e. The summed E-state index contributed by atoms with van der Waals surface area (Å²) in [4.78, 5) is 24.2. The van der Waals surface area contributed by atoms with Crippen molar-refractivity contribution in [2.24, 2.45) is 0 Å². The zero-order valence-electron chi connectivity index (χ0n) is 28.7. The van der Waals surface area contributed by atoms with E-state index in [2.05, 4.69) is 42.0 Å². The number of halogens is 2. The number of carbonyl (C=O) groups is 2. The van der Waals surface area contributed by atoms with Crippen molar-refractivity contribution in [1.29, 1.82) is 0 Å². The molecule has 0 aromatic rings. The lowest BCUT2D eigenvalue weighted by atomic mass is 10.1. The first-order chi connectivity index (χ1) is 19.1. The van der Waals surface area contributed by atoms with Gasteiger partial charge in [-0.2, -0.15) is 0 Å². The minimum absolute atomic E-state index is 0. The van der Waals surface area contributed by atoms with Crippen LogP contribution in [0.15, 0.2) is 0 Å². The molecule has 0 heterocycles. The van der Waals surface area contributed by atoms with Crippen LogP contribution in [0.5, 0.6) is 0 Å². The van der Waals surface area contributed by atoms with Gasteiger partial charge in [0.05, 0.1) is 41.3 Å². The predicted octanol–water partition coefficient (Wildman–Crippen LogP) is 2.08. The van der Waals surface area contributed by atoms with Gasteiger partial charge >= 0.3 is 11.9 Å². The molecular weight excluding hydrogens is 660 g/mol. The summed E-state index contributed by atoms with van der Waals surface area (Å²) in [5, 5.41) is 0. The van der Waals surface area contributed by atoms with E-state index in [0.717, 1.165) is 22.1 Å². The van der Waals surface area contributed by atoms with Crippen LogP contribution in [0, 0.1) is 0 Å². The zero-order chi connectivity index (χ0) is 30.0. The fourth-order valence-corrected chi connectivity index (χ4v) is 5.17. The first-order valence-corrected chi connectivity index (χ1v) is 17.1. The van der Waals surface area contributed by atoms with Crippen molar-refractivity contribution in [3.8, 4) is 0 Å². The maximum Gasteiger partial charge on any atom is 0.417 e. The van der Waals surface area contributed by atoms with Crippen LogP contribution < -0.4 is 34.0 Å². The number of unbranched alkanes of at least 4 members (excludes halogenated alkanes) is 18. The van der Waals surface area contributed by atoms with Gasteiger partial charge in [-0.3, -0.25) is 0 Å². The van der Waals surface area contributed by atoms with Crippen LogP contribution in [0.4, 0.5) is 0 Å². The fourth-order valence-electron chi connectivity index (χ4n) is 5.17. The van der Waals surface area contributed by atoms with Crippen molar-refractivity contribution in [3.63, 3.8) is 0 Å². The van der Waals surface area contributed by atoms with Crippen LogP contribution in [-0.4, -0.2) is 88.5 Å². The molecule has 42 heavy (non-hydrogen) atoms. The molecule has 0 bridgehead atoms. The van der Waals surface area contributed by atoms with E-state index in [1.54, 1.807) is 0 Å². The van der Waals surface area contributed by atoms with Gasteiger partial charge < -0.3 is 52.4 Å². The average molecular weight is 731 g/mol. The van der Waals surface area contributed by atoms with Gasteiger partial charge in [0.25, 0.3) is 0 Å². The molecule has 0 aliphatic heterocycles. The Morgan fingerprint density at radius 2 is 0.643 bits per heavy atom. The summed E-state index contributed by atoms with van der Waals surface area (Å²) in [6, 6.07) is 0. The highest BCUT2D eigenvalue weighted by atomic mass is 79.9. The van der Waals surface area contributed by atoms with Crippen LogP contribution in [0.3, 0.4) is 0 Å². The lowest BCUT2D eigenvalue weighted by molar-refractivity contribution is -0.890. The lowest BCUT2D eigenvalue weighted by Crippen LogP contribution is -3.00. The van der Waals surface area contributed by atoms with E-state index in [1.807, 2.05) is 0 Å². The second kappa shape index (κ2) is 30.8. The Morgan fingerprint density at radius 3 is 0.905 bits per heavy atom. The molecule has 0 amide bonds. The van der Waals surface area contributed by atoms with E-state index in [-0.39, 0.29) is 47.2 Å². The lowest BCUT2D eigenvalue weighted by Gasteiger charge is -2.30. The quantitative estimate of drug-likeness (QED) is 0.0536. The SMILES string of the molecule is CCCCCCCCCCCC[N+](C)(C)CCOC(=O)C(=O)OCC[N+](C)(C)CCCCCCCCCCCC.[Br-].[Br-]. The summed E-state index contributed by atoms with van der Waals surface area (Å²) in [6.45, 7) is 8.56. The highest BCUT2D eigenvalue weighted by Gasteiger charge is 2.22. The van der Waals surface area contributed by atoms with Crippen molar-refractivity contribution >= 4 is 11.9 Å². The van der Waals surface area contributed by atoms with Gasteiger partial charge in [-0.1, -0.05) is 117 Å². The molecule has 0 spiro atoms. The zero-order valence-corrected chi connectivity index (χ0v) is 31.8. The molecule has 0 N–H and O–H groups in total. The Hall–Kier alpha value is -0.180. The summed E-state index contributed by atoms with van der Waals surface area (Å²) >= 11 is 0. The second-order valence-electron chi connectivity index (χ2n) is 13.4. The van der Waals surface area contributed by atoms with Gasteiger partial charge in [-0.15, -0.1) is 0 Å². The summed E-state index contributed by atoms with van der Waals surface area (Å²) in [5.74, 6) is -1.72. The predicted molar refractivity (Wildman–Crippen MR) is 169 cm³/mol. The molecule has 0 saturated carbocycles. The van der Waals surface area contributed by atoms with Crippen molar-refractivity contribution in [3.05, 3.63) is 0 Å². The van der Waals surface area contributed by atoms with E-state index < -0.39 is 11.9 Å². The number of nitrogens with zero attached hydrogens (tertiary/aromatic N) is 2. The van der Waals surface area contributed by atoms with Crippen molar-refractivity contribution in [1.82, 2.24) is 0 Å². The number of rotatable bonds is 28. The molecular formula is C34H70Br2N2O4. The molecule has 8 heteroatoms. The molecule has 6 nitrogen and oxygen atoms in total. The first kappa shape index (κ1) is 46.2. The van der Waals surface area contributed by atoms with E-state index in [9.17, 15) is 9.59 Å². The fraction of sp³-hybridized carbons (Fsp3) is 0.941. The third-order valence-electron chi connectivity index (χ3n) is 8.26. The van der Waals surface area contributed by atoms with Crippen molar-refractivity contribution in [2.45, 2.75) is 142 Å². The third kappa shape index (κ3) is 31.3. The van der Waals surface area contributed by atoms with E-state index >= 15 is 0 Å². The number of esters is 2. The van der Waals surface area contributed by atoms with E-state index in [1.165, 1.54) is 128 Å². The van der Waals surface area contributed by atoms with Crippen LogP contribution in [0.1, 0.15) is 142 Å². The number of likely N-dealkylation sites (N-methyl/N-ethyl adjacent to an activating group) is 2. The number of carbonyl (C=O) groups excluding carboxylic acids is 2. The van der Waals surface area contributed by atoms with E-state index in [4.69, 9.17) is 9.47 Å². The van der Waals surface area contributed by atoms with Gasteiger partial charge in [0, 0.05) is 0 Å². The van der Waals surface area contributed by atoms with Crippen LogP contribution >= 0.6 is 0 Å². The maximum atomic E-state index is 12.1. The average Bonchev–Trinajstić information content (AvgIpc) is 2.90. The monoisotopic (exact) mass is 728 g/mol. The Kier molecular flexibility index (Phi) is 33.9. The first-order valence-electron chi connectivity index (χ1n) is 17.1. The van der Waals surface area contributed by atoms with E-state index in [0.29, 0.717) is 13.1 Å². The molecule has 0 aliphatic carbocycles. The summed E-state index contributed by atoms with van der Waals surface area (Å²) in [5.41, 5.74) is 0. The molecule has 0 aromatic heterocycles. The van der Waals surface area contributed by atoms with Gasteiger partial charge in [0.1, 0.15) is 26.3 Å². The highest BCUT2D eigenvalue weighted by Crippen LogP contribution is 2.13. The second-order valence-corrected chi connectivity index (χ2v) is 13.4. The molecule has 0 fully saturated rings. The van der Waals surface area contributed by atoms with Crippen LogP contribution in [0.2, 0.25) is 0 Å². The maximum absolute atomic E-state index is 12.1. The smallest absolute Gasteiger partial charge is 0.417 e. The molecule has 0 aromatic carbocycles. The number of quaternary nitrogens is 2. The summed E-state index contributed by atoms with van der Waals surface area (Å²) in [6.07, 6.45) is 26.6. The Morgan fingerprint density at radius 1 is 0.405 bits per heavy atom. The number of hydrogen-bond acceptors (Lipinski definition) is 4. The van der Waals surface area contributed by atoms with Crippen LogP contribution in [-0.2, 0) is 19.1 Å². The van der Waals surface area contributed by atoms with Gasteiger partial charge in [0.2, 0.25) is 0 Å². The molecule has 0 aliphatic rings. The molecule has 0 rings (SSSR count).